The molecule has 0 aromatic heterocycles. The van der Waals surface area contributed by atoms with Gasteiger partial charge in [0.1, 0.15) is 0 Å². The standard InChI is InChI=1S/C10H18ClN/c11-5-6-12-7-9-3-1-2-4-10(9)8-12/h9-10H,1-8H2/t9-,10-/m0/s1. The Balaban J connectivity index is 1.85. The van der Waals surface area contributed by atoms with E-state index in [0.29, 0.717) is 0 Å². The molecule has 0 bridgehead atoms. The summed E-state index contributed by atoms with van der Waals surface area (Å²) in [7, 11) is 0. The summed E-state index contributed by atoms with van der Waals surface area (Å²) in [6.07, 6.45) is 5.89. The van der Waals surface area contributed by atoms with Crippen molar-refractivity contribution in [1.82, 2.24) is 4.90 Å². The molecule has 2 aliphatic rings. The van der Waals surface area contributed by atoms with Crippen LogP contribution in [0.5, 0.6) is 0 Å². The topological polar surface area (TPSA) is 3.24 Å². The molecule has 0 spiro atoms. The first-order valence-electron chi connectivity index (χ1n) is 5.18. The monoisotopic (exact) mass is 187 g/mol. The van der Waals surface area contributed by atoms with Crippen LogP contribution in [0.3, 0.4) is 0 Å². The Morgan fingerprint density at radius 1 is 1.08 bits per heavy atom. The van der Waals surface area contributed by atoms with Crippen molar-refractivity contribution in [3.05, 3.63) is 0 Å². The molecule has 0 aromatic rings. The summed E-state index contributed by atoms with van der Waals surface area (Å²) in [6.45, 7) is 3.77. The molecule has 1 aliphatic heterocycles. The summed E-state index contributed by atoms with van der Waals surface area (Å²) in [5.41, 5.74) is 0. The average molecular weight is 188 g/mol. The lowest BCUT2D eigenvalue weighted by atomic mass is 9.82. The quantitative estimate of drug-likeness (QED) is 0.600. The number of halogens is 1. The van der Waals surface area contributed by atoms with Gasteiger partial charge in [0.15, 0.2) is 0 Å². The van der Waals surface area contributed by atoms with Crippen LogP contribution >= 0.6 is 11.6 Å². The summed E-state index contributed by atoms with van der Waals surface area (Å²) in [4.78, 5) is 2.55. The Bertz CT molecular complexity index is 135. The molecule has 2 heteroatoms. The van der Waals surface area contributed by atoms with Gasteiger partial charge in [-0.3, -0.25) is 0 Å². The molecule has 0 aromatic carbocycles. The third-order valence-corrected chi connectivity index (χ3v) is 3.62. The van der Waals surface area contributed by atoms with Crippen LogP contribution in [0.15, 0.2) is 0 Å². The molecule has 2 atom stereocenters. The van der Waals surface area contributed by atoms with Gasteiger partial charge in [-0.15, -0.1) is 11.6 Å². The first-order chi connectivity index (χ1) is 5.90. The van der Waals surface area contributed by atoms with Gasteiger partial charge in [0, 0.05) is 25.5 Å². The fourth-order valence-corrected chi connectivity index (χ4v) is 3.04. The highest BCUT2D eigenvalue weighted by Gasteiger charge is 2.33. The molecule has 0 N–H and O–H groups in total. The van der Waals surface area contributed by atoms with Gasteiger partial charge in [0.05, 0.1) is 0 Å². The van der Waals surface area contributed by atoms with Crippen molar-refractivity contribution in [2.75, 3.05) is 25.5 Å². The van der Waals surface area contributed by atoms with Gasteiger partial charge in [-0.25, -0.2) is 0 Å². The van der Waals surface area contributed by atoms with Gasteiger partial charge in [-0.05, 0) is 24.7 Å². The zero-order valence-electron chi connectivity index (χ0n) is 7.64. The molecule has 0 unspecified atom stereocenters. The highest BCUT2D eigenvalue weighted by molar-refractivity contribution is 6.18. The molecular weight excluding hydrogens is 170 g/mol. The van der Waals surface area contributed by atoms with Crippen LogP contribution < -0.4 is 0 Å². The van der Waals surface area contributed by atoms with Crippen molar-refractivity contribution in [2.24, 2.45) is 11.8 Å². The fraction of sp³-hybridized carbons (Fsp3) is 1.00. The number of fused-ring (bicyclic) bond motifs is 1. The number of hydrogen-bond donors (Lipinski definition) is 0. The normalized spacial score (nSPS) is 36.8. The minimum Gasteiger partial charge on any atom is -0.302 e. The second-order valence-electron chi connectivity index (χ2n) is 4.25. The van der Waals surface area contributed by atoms with Crippen LogP contribution in [0.25, 0.3) is 0 Å². The van der Waals surface area contributed by atoms with E-state index in [4.69, 9.17) is 11.6 Å². The predicted octanol–water partition coefficient (Wildman–Crippen LogP) is 2.35. The Morgan fingerprint density at radius 2 is 1.67 bits per heavy atom. The summed E-state index contributed by atoms with van der Waals surface area (Å²) >= 11 is 5.74. The van der Waals surface area contributed by atoms with Crippen LogP contribution in [-0.2, 0) is 0 Å². The van der Waals surface area contributed by atoms with Gasteiger partial charge in [0.25, 0.3) is 0 Å². The summed E-state index contributed by atoms with van der Waals surface area (Å²) < 4.78 is 0. The van der Waals surface area contributed by atoms with Gasteiger partial charge in [-0.1, -0.05) is 12.8 Å². The van der Waals surface area contributed by atoms with Crippen molar-refractivity contribution in [1.29, 1.82) is 0 Å². The fourth-order valence-electron chi connectivity index (χ4n) is 2.81. The second-order valence-corrected chi connectivity index (χ2v) is 4.63. The van der Waals surface area contributed by atoms with Crippen molar-refractivity contribution in [3.8, 4) is 0 Å². The molecule has 12 heavy (non-hydrogen) atoms. The maximum atomic E-state index is 5.74. The first-order valence-corrected chi connectivity index (χ1v) is 5.72. The molecule has 2 fully saturated rings. The number of rotatable bonds is 2. The molecule has 1 nitrogen and oxygen atoms in total. The van der Waals surface area contributed by atoms with Gasteiger partial charge in [-0.2, -0.15) is 0 Å². The summed E-state index contributed by atoms with van der Waals surface area (Å²) in [5, 5.41) is 0. The molecule has 1 saturated heterocycles. The van der Waals surface area contributed by atoms with Crippen molar-refractivity contribution in [2.45, 2.75) is 25.7 Å². The summed E-state index contributed by atoms with van der Waals surface area (Å²) in [5.74, 6) is 2.84. The lowest BCUT2D eigenvalue weighted by molar-refractivity contribution is 0.299. The van der Waals surface area contributed by atoms with E-state index in [-0.39, 0.29) is 0 Å². The van der Waals surface area contributed by atoms with E-state index in [0.717, 1.165) is 24.3 Å². The molecule has 70 valence electrons. The minimum absolute atomic E-state index is 0.805. The van der Waals surface area contributed by atoms with E-state index < -0.39 is 0 Å². The molecule has 1 saturated carbocycles. The van der Waals surface area contributed by atoms with Crippen LogP contribution in [0.4, 0.5) is 0 Å². The maximum Gasteiger partial charge on any atom is 0.0351 e. The third-order valence-electron chi connectivity index (χ3n) is 3.45. The lowest BCUT2D eigenvalue weighted by Gasteiger charge is -2.23. The van der Waals surface area contributed by atoms with Crippen molar-refractivity contribution >= 4 is 11.6 Å². The van der Waals surface area contributed by atoms with Gasteiger partial charge in [0.2, 0.25) is 0 Å². The third kappa shape index (κ3) is 1.77. The van der Waals surface area contributed by atoms with Gasteiger partial charge >= 0.3 is 0 Å². The Kier molecular flexibility index (Phi) is 2.92. The zero-order chi connectivity index (χ0) is 8.39. The van der Waals surface area contributed by atoms with Gasteiger partial charge < -0.3 is 4.90 Å². The molecule has 1 aliphatic carbocycles. The van der Waals surface area contributed by atoms with E-state index >= 15 is 0 Å². The van der Waals surface area contributed by atoms with Crippen LogP contribution in [-0.4, -0.2) is 30.4 Å². The predicted molar refractivity (Wildman–Crippen MR) is 52.6 cm³/mol. The van der Waals surface area contributed by atoms with E-state index in [1.54, 1.807) is 0 Å². The number of nitrogens with zero attached hydrogens (tertiary/aromatic N) is 1. The second kappa shape index (κ2) is 3.97. The first kappa shape index (κ1) is 8.83. The molecule has 1 heterocycles. The van der Waals surface area contributed by atoms with E-state index in [2.05, 4.69) is 4.90 Å². The smallest absolute Gasteiger partial charge is 0.0351 e. The van der Waals surface area contributed by atoms with Crippen LogP contribution in [0.1, 0.15) is 25.7 Å². The number of alkyl halides is 1. The molecular formula is C10H18ClN. The largest absolute Gasteiger partial charge is 0.302 e. The maximum absolute atomic E-state index is 5.74. The molecule has 0 radical (unpaired) electrons. The SMILES string of the molecule is ClCCN1C[C@@H]2CCCC[C@H]2C1. The summed E-state index contributed by atoms with van der Waals surface area (Å²) in [6, 6.07) is 0. The average Bonchev–Trinajstić information content (AvgIpc) is 2.47. The Morgan fingerprint density at radius 3 is 2.17 bits per heavy atom. The number of likely N-dealkylation sites (tertiary alicyclic amines) is 1. The molecule has 0 amide bonds. The Labute approximate surface area is 80.1 Å². The van der Waals surface area contributed by atoms with E-state index in [1.165, 1.54) is 38.8 Å². The van der Waals surface area contributed by atoms with Crippen molar-refractivity contribution < 1.29 is 0 Å². The van der Waals surface area contributed by atoms with Crippen LogP contribution in [0.2, 0.25) is 0 Å². The minimum atomic E-state index is 0.805. The Hall–Kier alpha value is 0.250. The highest BCUT2D eigenvalue weighted by Crippen LogP contribution is 2.35. The highest BCUT2D eigenvalue weighted by atomic mass is 35.5. The van der Waals surface area contributed by atoms with E-state index in [1.807, 2.05) is 0 Å². The van der Waals surface area contributed by atoms with Crippen molar-refractivity contribution in [3.63, 3.8) is 0 Å². The zero-order valence-corrected chi connectivity index (χ0v) is 8.39. The number of hydrogen-bond acceptors (Lipinski definition) is 1. The lowest BCUT2D eigenvalue weighted by Crippen LogP contribution is -2.22. The van der Waals surface area contributed by atoms with E-state index in [9.17, 15) is 0 Å². The van der Waals surface area contributed by atoms with Crippen LogP contribution in [0, 0.1) is 11.8 Å². The molecule has 2 rings (SSSR count).